The summed E-state index contributed by atoms with van der Waals surface area (Å²) in [6, 6.07) is 4.60. The lowest BCUT2D eigenvalue weighted by molar-refractivity contribution is -0.126. The van der Waals surface area contributed by atoms with Gasteiger partial charge in [-0.25, -0.2) is 33.1 Å². The fourth-order valence-corrected chi connectivity index (χ4v) is 6.17. The van der Waals surface area contributed by atoms with Gasteiger partial charge in [0.05, 0.1) is 28.0 Å². The molecule has 2 saturated carbocycles. The number of piperazine rings is 1. The molecule has 10 nitrogen and oxygen atoms in total. The van der Waals surface area contributed by atoms with Gasteiger partial charge in [0.15, 0.2) is 11.5 Å². The third-order valence-electron chi connectivity index (χ3n) is 8.62. The highest BCUT2D eigenvalue weighted by Gasteiger charge is 2.38. The van der Waals surface area contributed by atoms with Crippen molar-refractivity contribution in [2.75, 3.05) is 24.5 Å². The smallest absolute Gasteiger partial charge is 0.355 e. The maximum absolute atomic E-state index is 16.0. The number of carbonyl (C=O) groups excluding carboxylic acids is 1. The monoisotopic (exact) mass is 599 g/mol. The molecule has 1 amide bonds. The van der Waals surface area contributed by atoms with Crippen LogP contribution in [0.5, 0.6) is 5.75 Å². The number of aromatic hydroxyl groups is 1. The third kappa shape index (κ3) is 4.68. The molecule has 0 bridgehead atoms. The predicted octanol–water partition coefficient (Wildman–Crippen LogP) is 4.51. The Morgan fingerprint density at radius 2 is 1.70 bits per heavy atom. The van der Waals surface area contributed by atoms with E-state index in [1.165, 1.54) is 28.8 Å². The lowest BCUT2D eigenvalue weighted by atomic mass is 10.1. The minimum atomic E-state index is -0.885. The van der Waals surface area contributed by atoms with Crippen LogP contribution in [0.1, 0.15) is 61.7 Å². The molecular formula is C32H31F2N7O3. The zero-order chi connectivity index (χ0) is 30.9. The molecule has 4 aromatic rings. The first-order valence-electron chi connectivity index (χ1n) is 14.8. The van der Waals surface area contributed by atoms with E-state index >= 15 is 8.78 Å². The average molecular weight is 600 g/mol. The number of nitrogens with zero attached hydrogens (tertiary/aromatic N) is 7. The van der Waals surface area contributed by atoms with Gasteiger partial charge in [0.1, 0.15) is 28.9 Å². The van der Waals surface area contributed by atoms with Crippen LogP contribution in [0.3, 0.4) is 0 Å². The summed E-state index contributed by atoms with van der Waals surface area (Å²) in [4.78, 5) is 48.6. The number of pyridine rings is 1. The Balaban J connectivity index is 1.52. The minimum absolute atomic E-state index is 0.0621. The standard InChI is InChI=1S/C32H31F2N7O3/c1-4-24(43)39-12-13-40(16(2)15-39)30-20-14-22(34)28(25-21(33)6-5-7-23(25)42)37-31(20)41(32(44)38-30)29-26(18-8-9-18)35-17(3)36-27(29)19-10-11-19/h4-7,14,16,18-19,42H,1,8-13,15H2,2-3H3/t16-/m0/s1. The van der Waals surface area contributed by atoms with Crippen LogP contribution in [0, 0.1) is 18.6 Å². The van der Waals surface area contributed by atoms with Crippen molar-refractivity contribution in [1.82, 2.24) is 29.4 Å². The van der Waals surface area contributed by atoms with Crippen LogP contribution in [-0.2, 0) is 4.79 Å². The van der Waals surface area contributed by atoms with Gasteiger partial charge < -0.3 is 14.9 Å². The van der Waals surface area contributed by atoms with E-state index in [-0.39, 0.29) is 40.6 Å². The number of carbonyl (C=O) groups is 1. The van der Waals surface area contributed by atoms with Crippen molar-refractivity contribution < 1.29 is 18.7 Å². The van der Waals surface area contributed by atoms with Crippen molar-refractivity contribution in [3.8, 4) is 22.7 Å². The number of amides is 1. The zero-order valence-corrected chi connectivity index (χ0v) is 24.4. The Morgan fingerprint density at radius 1 is 1.02 bits per heavy atom. The molecule has 44 heavy (non-hydrogen) atoms. The molecule has 1 atom stereocenters. The highest BCUT2D eigenvalue weighted by atomic mass is 19.1. The molecule has 12 heteroatoms. The van der Waals surface area contributed by atoms with Gasteiger partial charge in [0.25, 0.3) is 0 Å². The Bertz CT molecular complexity index is 1870. The molecule has 0 unspecified atom stereocenters. The molecule has 3 aromatic heterocycles. The van der Waals surface area contributed by atoms with E-state index in [9.17, 15) is 14.7 Å². The van der Waals surface area contributed by atoms with E-state index in [0.717, 1.165) is 43.1 Å². The number of fused-ring (bicyclic) bond motifs is 1. The van der Waals surface area contributed by atoms with Gasteiger partial charge in [0, 0.05) is 37.5 Å². The number of aryl methyl sites for hydroxylation is 1. The zero-order valence-electron chi connectivity index (χ0n) is 24.4. The molecule has 7 rings (SSSR count). The number of hydrogen-bond donors (Lipinski definition) is 1. The van der Waals surface area contributed by atoms with Crippen molar-refractivity contribution in [3.63, 3.8) is 0 Å². The number of aromatic nitrogens is 5. The van der Waals surface area contributed by atoms with E-state index in [4.69, 9.17) is 9.97 Å². The number of rotatable bonds is 6. The molecule has 3 aliphatic rings. The van der Waals surface area contributed by atoms with Crippen LogP contribution < -0.4 is 10.6 Å². The second-order valence-corrected chi connectivity index (χ2v) is 11.8. The van der Waals surface area contributed by atoms with Crippen LogP contribution in [0.25, 0.3) is 28.0 Å². The van der Waals surface area contributed by atoms with Crippen molar-refractivity contribution in [1.29, 1.82) is 0 Å². The molecule has 3 fully saturated rings. The van der Waals surface area contributed by atoms with E-state index in [2.05, 4.69) is 16.5 Å². The van der Waals surface area contributed by atoms with Gasteiger partial charge in [-0.2, -0.15) is 4.98 Å². The van der Waals surface area contributed by atoms with Crippen molar-refractivity contribution in [3.05, 3.63) is 76.3 Å². The number of anilines is 1. The van der Waals surface area contributed by atoms with E-state index in [1.807, 2.05) is 18.7 Å². The number of hydrogen-bond acceptors (Lipinski definition) is 8. The molecule has 1 saturated heterocycles. The van der Waals surface area contributed by atoms with Gasteiger partial charge in [0.2, 0.25) is 5.91 Å². The van der Waals surface area contributed by atoms with Gasteiger partial charge in [-0.3, -0.25) is 4.79 Å². The fourth-order valence-electron chi connectivity index (χ4n) is 6.17. The van der Waals surface area contributed by atoms with E-state index in [0.29, 0.717) is 31.1 Å². The topological polar surface area (TPSA) is 117 Å². The lowest BCUT2D eigenvalue weighted by Crippen LogP contribution is -2.54. The average Bonchev–Trinajstić information content (AvgIpc) is 3.91. The minimum Gasteiger partial charge on any atom is -0.507 e. The fraction of sp³-hybridized carbons (Fsp3) is 0.375. The molecular weight excluding hydrogens is 568 g/mol. The normalized spacial score (nSPS) is 18.6. The van der Waals surface area contributed by atoms with Crippen LogP contribution in [0.15, 0.2) is 41.7 Å². The summed E-state index contributed by atoms with van der Waals surface area (Å²) in [5, 5.41) is 10.8. The molecule has 2 aliphatic carbocycles. The predicted molar refractivity (Wildman–Crippen MR) is 160 cm³/mol. The summed E-state index contributed by atoms with van der Waals surface area (Å²) in [6.45, 7) is 8.32. The largest absolute Gasteiger partial charge is 0.507 e. The Morgan fingerprint density at radius 3 is 2.30 bits per heavy atom. The molecule has 0 radical (unpaired) electrons. The van der Waals surface area contributed by atoms with Crippen molar-refractivity contribution >= 4 is 22.8 Å². The van der Waals surface area contributed by atoms with E-state index < -0.39 is 34.3 Å². The first-order valence-corrected chi connectivity index (χ1v) is 14.8. The first kappa shape index (κ1) is 28.1. The Labute approximate surface area is 251 Å². The Kier molecular flexibility index (Phi) is 6.67. The molecule has 4 heterocycles. The molecule has 1 N–H and O–H groups in total. The van der Waals surface area contributed by atoms with Gasteiger partial charge >= 0.3 is 5.69 Å². The van der Waals surface area contributed by atoms with Crippen LogP contribution in [-0.4, -0.2) is 66.1 Å². The van der Waals surface area contributed by atoms with Crippen molar-refractivity contribution in [2.24, 2.45) is 0 Å². The summed E-state index contributed by atoms with van der Waals surface area (Å²) in [5.41, 5.74) is 0.538. The summed E-state index contributed by atoms with van der Waals surface area (Å²) < 4.78 is 32.4. The quantitative estimate of drug-likeness (QED) is 0.322. The highest BCUT2D eigenvalue weighted by molar-refractivity contribution is 5.91. The van der Waals surface area contributed by atoms with Gasteiger partial charge in [-0.1, -0.05) is 12.6 Å². The first-order chi connectivity index (χ1) is 21.2. The number of halogens is 2. The molecule has 1 aromatic carbocycles. The van der Waals surface area contributed by atoms with Crippen LogP contribution >= 0.6 is 0 Å². The number of phenolic OH excluding ortho intramolecular Hbond substituents is 1. The maximum atomic E-state index is 16.0. The summed E-state index contributed by atoms with van der Waals surface area (Å²) in [6.07, 6.45) is 4.90. The molecule has 0 spiro atoms. The summed E-state index contributed by atoms with van der Waals surface area (Å²) in [7, 11) is 0. The van der Waals surface area contributed by atoms with Crippen molar-refractivity contribution in [2.45, 2.75) is 57.4 Å². The molecule has 226 valence electrons. The van der Waals surface area contributed by atoms with Gasteiger partial charge in [-0.15, -0.1) is 0 Å². The molecule has 1 aliphatic heterocycles. The second kappa shape index (κ2) is 10.5. The maximum Gasteiger partial charge on any atom is 0.355 e. The highest BCUT2D eigenvalue weighted by Crippen LogP contribution is 2.48. The summed E-state index contributed by atoms with van der Waals surface area (Å²) in [5.74, 6) is -1.33. The van der Waals surface area contributed by atoms with E-state index in [1.54, 1.807) is 4.90 Å². The SMILES string of the molecule is C=CC(=O)N1CCN(c2nc(=O)n(-c3c(C4CC4)nc(C)nc3C3CC3)c3nc(-c4c(O)cccc4F)c(F)cc23)[C@@H](C)C1. The second-order valence-electron chi connectivity index (χ2n) is 11.8. The van der Waals surface area contributed by atoms with Crippen LogP contribution in [0.2, 0.25) is 0 Å². The van der Waals surface area contributed by atoms with Crippen LogP contribution in [0.4, 0.5) is 14.6 Å². The van der Waals surface area contributed by atoms with Gasteiger partial charge in [-0.05, 0) is 63.8 Å². The number of phenols is 1. The third-order valence-corrected chi connectivity index (χ3v) is 8.62. The summed E-state index contributed by atoms with van der Waals surface area (Å²) >= 11 is 0. The lowest BCUT2D eigenvalue weighted by Gasteiger charge is -2.40. The Hall–Kier alpha value is -4.74. The number of benzene rings is 1.